The standard InChI is InChI=1S/C15H22N2O2/c1-12-8-9-13(10-15(12)17(18)19)11-16-14-6-4-2-3-5-7-14/h8-10,14,16H,2-7,11H2,1H3. The van der Waals surface area contributed by atoms with E-state index in [-0.39, 0.29) is 10.6 Å². The normalized spacial score (nSPS) is 17.1. The third-order valence-corrected chi connectivity index (χ3v) is 3.92. The molecule has 0 aromatic heterocycles. The molecule has 1 aromatic rings. The van der Waals surface area contributed by atoms with E-state index < -0.39 is 0 Å². The second kappa shape index (κ2) is 6.66. The van der Waals surface area contributed by atoms with Crippen molar-refractivity contribution in [1.29, 1.82) is 0 Å². The SMILES string of the molecule is Cc1ccc(CNC2CCCCCC2)cc1[N+](=O)[O-]. The van der Waals surface area contributed by atoms with E-state index in [9.17, 15) is 10.1 Å². The maximum absolute atomic E-state index is 10.9. The zero-order valence-electron chi connectivity index (χ0n) is 11.5. The predicted molar refractivity (Wildman–Crippen MR) is 76.2 cm³/mol. The molecule has 1 N–H and O–H groups in total. The largest absolute Gasteiger partial charge is 0.310 e. The molecule has 0 heterocycles. The first-order valence-electron chi connectivity index (χ1n) is 7.14. The second-order valence-corrected chi connectivity index (χ2v) is 5.45. The van der Waals surface area contributed by atoms with Crippen LogP contribution in [0.5, 0.6) is 0 Å². The number of rotatable bonds is 4. The molecule has 0 unspecified atom stereocenters. The number of nitro groups is 1. The van der Waals surface area contributed by atoms with Gasteiger partial charge in [0.15, 0.2) is 0 Å². The lowest BCUT2D eigenvalue weighted by Gasteiger charge is -2.16. The van der Waals surface area contributed by atoms with Crippen LogP contribution in [-0.2, 0) is 6.54 Å². The van der Waals surface area contributed by atoms with E-state index in [1.165, 1.54) is 38.5 Å². The highest BCUT2D eigenvalue weighted by atomic mass is 16.6. The van der Waals surface area contributed by atoms with Crippen LogP contribution >= 0.6 is 0 Å². The molecule has 1 saturated carbocycles. The fraction of sp³-hybridized carbons (Fsp3) is 0.600. The van der Waals surface area contributed by atoms with Gasteiger partial charge in [-0.15, -0.1) is 0 Å². The molecule has 1 aromatic carbocycles. The van der Waals surface area contributed by atoms with E-state index in [2.05, 4.69) is 5.32 Å². The fourth-order valence-corrected chi connectivity index (χ4v) is 2.71. The molecule has 0 spiro atoms. The van der Waals surface area contributed by atoms with Crippen molar-refractivity contribution in [1.82, 2.24) is 5.32 Å². The Morgan fingerprint density at radius 2 is 1.95 bits per heavy atom. The molecule has 2 rings (SSSR count). The van der Waals surface area contributed by atoms with Crippen molar-refractivity contribution in [2.24, 2.45) is 0 Å². The van der Waals surface area contributed by atoms with Crippen molar-refractivity contribution in [2.45, 2.75) is 58.0 Å². The average Bonchev–Trinajstić information content (AvgIpc) is 2.66. The van der Waals surface area contributed by atoms with Crippen LogP contribution in [0.1, 0.15) is 49.7 Å². The lowest BCUT2D eigenvalue weighted by molar-refractivity contribution is -0.385. The fourth-order valence-electron chi connectivity index (χ4n) is 2.71. The quantitative estimate of drug-likeness (QED) is 0.511. The van der Waals surface area contributed by atoms with Gasteiger partial charge in [-0.05, 0) is 25.3 Å². The van der Waals surface area contributed by atoms with E-state index in [4.69, 9.17) is 0 Å². The van der Waals surface area contributed by atoms with Crippen molar-refractivity contribution in [3.05, 3.63) is 39.4 Å². The molecular formula is C15H22N2O2. The third-order valence-electron chi connectivity index (χ3n) is 3.92. The molecule has 0 saturated heterocycles. The highest BCUT2D eigenvalue weighted by Gasteiger charge is 2.13. The highest BCUT2D eigenvalue weighted by molar-refractivity contribution is 5.42. The van der Waals surface area contributed by atoms with Crippen LogP contribution in [-0.4, -0.2) is 11.0 Å². The van der Waals surface area contributed by atoms with Gasteiger partial charge in [0.1, 0.15) is 0 Å². The summed E-state index contributed by atoms with van der Waals surface area (Å²) in [7, 11) is 0. The number of nitrogens with zero attached hydrogens (tertiary/aromatic N) is 1. The number of benzene rings is 1. The summed E-state index contributed by atoms with van der Waals surface area (Å²) in [5.41, 5.74) is 1.95. The molecule has 0 bridgehead atoms. The Kier molecular flexibility index (Phi) is 4.91. The van der Waals surface area contributed by atoms with Gasteiger partial charge in [-0.3, -0.25) is 10.1 Å². The zero-order chi connectivity index (χ0) is 13.7. The molecule has 0 aliphatic heterocycles. The third kappa shape index (κ3) is 4.03. The Bertz CT molecular complexity index is 438. The number of hydrogen-bond acceptors (Lipinski definition) is 3. The van der Waals surface area contributed by atoms with E-state index in [1.54, 1.807) is 13.0 Å². The molecule has 104 valence electrons. The maximum Gasteiger partial charge on any atom is 0.272 e. The summed E-state index contributed by atoms with van der Waals surface area (Å²) in [6.07, 6.45) is 7.74. The van der Waals surface area contributed by atoms with E-state index in [0.717, 1.165) is 17.7 Å². The van der Waals surface area contributed by atoms with Crippen LogP contribution in [0.3, 0.4) is 0 Å². The number of hydrogen-bond donors (Lipinski definition) is 1. The number of nitrogens with one attached hydrogen (secondary N) is 1. The summed E-state index contributed by atoms with van der Waals surface area (Å²) in [6, 6.07) is 6.08. The monoisotopic (exact) mass is 262 g/mol. The average molecular weight is 262 g/mol. The van der Waals surface area contributed by atoms with Crippen molar-refractivity contribution < 1.29 is 4.92 Å². The minimum atomic E-state index is -0.301. The molecule has 0 amide bonds. The molecule has 19 heavy (non-hydrogen) atoms. The summed E-state index contributed by atoms with van der Waals surface area (Å²) in [5.74, 6) is 0. The molecular weight excluding hydrogens is 240 g/mol. The van der Waals surface area contributed by atoms with Crippen LogP contribution in [0.25, 0.3) is 0 Å². The number of aryl methyl sites for hydroxylation is 1. The van der Waals surface area contributed by atoms with Crippen LogP contribution < -0.4 is 5.32 Å². The molecule has 4 heteroatoms. The van der Waals surface area contributed by atoms with Gasteiger partial charge in [-0.25, -0.2) is 0 Å². The molecule has 1 aliphatic rings. The van der Waals surface area contributed by atoms with Gasteiger partial charge in [0.25, 0.3) is 5.69 Å². The van der Waals surface area contributed by atoms with Gasteiger partial charge in [0.05, 0.1) is 4.92 Å². The molecule has 0 atom stereocenters. The molecule has 0 radical (unpaired) electrons. The van der Waals surface area contributed by atoms with Gasteiger partial charge < -0.3 is 5.32 Å². The highest BCUT2D eigenvalue weighted by Crippen LogP contribution is 2.21. The lowest BCUT2D eigenvalue weighted by Crippen LogP contribution is -2.27. The van der Waals surface area contributed by atoms with Gasteiger partial charge in [-0.2, -0.15) is 0 Å². The minimum Gasteiger partial charge on any atom is -0.310 e. The van der Waals surface area contributed by atoms with Crippen LogP contribution in [0.15, 0.2) is 18.2 Å². The van der Waals surface area contributed by atoms with E-state index in [1.807, 2.05) is 12.1 Å². The van der Waals surface area contributed by atoms with Crippen molar-refractivity contribution in [3.63, 3.8) is 0 Å². The topological polar surface area (TPSA) is 55.2 Å². The van der Waals surface area contributed by atoms with Gasteiger partial charge >= 0.3 is 0 Å². The van der Waals surface area contributed by atoms with Crippen LogP contribution in [0.2, 0.25) is 0 Å². The Morgan fingerprint density at radius 3 is 2.58 bits per heavy atom. The summed E-state index contributed by atoms with van der Waals surface area (Å²) in [5, 5.41) is 14.5. The van der Waals surface area contributed by atoms with E-state index >= 15 is 0 Å². The smallest absolute Gasteiger partial charge is 0.272 e. The van der Waals surface area contributed by atoms with Crippen LogP contribution in [0.4, 0.5) is 5.69 Å². The second-order valence-electron chi connectivity index (χ2n) is 5.45. The first-order chi connectivity index (χ1) is 9.16. The van der Waals surface area contributed by atoms with Crippen molar-refractivity contribution >= 4 is 5.69 Å². The zero-order valence-corrected chi connectivity index (χ0v) is 11.5. The van der Waals surface area contributed by atoms with Crippen molar-refractivity contribution in [3.8, 4) is 0 Å². The number of nitro benzene ring substituents is 1. The molecule has 4 nitrogen and oxygen atoms in total. The maximum atomic E-state index is 10.9. The van der Waals surface area contributed by atoms with Crippen LogP contribution in [0, 0.1) is 17.0 Å². The van der Waals surface area contributed by atoms with E-state index in [0.29, 0.717) is 6.04 Å². The summed E-state index contributed by atoms with van der Waals surface area (Å²) in [4.78, 5) is 10.6. The first-order valence-corrected chi connectivity index (χ1v) is 7.14. The van der Waals surface area contributed by atoms with Crippen molar-refractivity contribution in [2.75, 3.05) is 0 Å². The lowest BCUT2D eigenvalue weighted by atomic mass is 10.1. The summed E-state index contributed by atoms with van der Waals surface area (Å²) < 4.78 is 0. The first kappa shape index (κ1) is 14.0. The molecule has 1 aliphatic carbocycles. The Hall–Kier alpha value is -1.42. The molecule has 1 fully saturated rings. The predicted octanol–water partition coefficient (Wildman–Crippen LogP) is 3.72. The Labute approximate surface area is 114 Å². The summed E-state index contributed by atoms with van der Waals surface area (Å²) >= 11 is 0. The minimum absolute atomic E-state index is 0.222. The Morgan fingerprint density at radius 1 is 1.26 bits per heavy atom. The van der Waals surface area contributed by atoms with Gasteiger partial charge in [-0.1, -0.05) is 37.8 Å². The van der Waals surface area contributed by atoms with Gasteiger partial charge in [0.2, 0.25) is 0 Å². The Balaban J connectivity index is 1.95. The summed E-state index contributed by atoms with van der Waals surface area (Å²) in [6.45, 7) is 2.51. The van der Waals surface area contributed by atoms with Gasteiger partial charge in [0, 0.05) is 24.2 Å².